The van der Waals surface area contributed by atoms with Gasteiger partial charge in [-0.2, -0.15) is 0 Å². The van der Waals surface area contributed by atoms with E-state index in [-0.39, 0.29) is 5.91 Å². The molecule has 2 N–H and O–H groups in total. The number of methoxy groups -OCH3 is 1. The van der Waals surface area contributed by atoms with E-state index in [0.717, 1.165) is 17.7 Å². The quantitative estimate of drug-likeness (QED) is 0.596. The number of aromatic nitrogens is 1. The molecule has 1 aromatic heterocycles. The smallest absolute Gasteiger partial charge is 0.251 e. The van der Waals surface area contributed by atoms with Crippen LogP contribution in [0.5, 0.6) is 5.75 Å². The number of ether oxygens (including phenoxy) is 1. The number of nitrogens with one attached hydrogen (secondary N) is 2. The number of benzene rings is 2. The number of pyridine rings is 1. The van der Waals surface area contributed by atoms with E-state index >= 15 is 0 Å². The fourth-order valence-corrected chi connectivity index (χ4v) is 2.92. The number of hydrogen-bond acceptors (Lipinski definition) is 4. The molecule has 0 saturated carbocycles. The predicted molar refractivity (Wildman–Crippen MR) is 112 cm³/mol. The van der Waals surface area contributed by atoms with Gasteiger partial charge in [0.2, 0.25) is 0 Å². The van der Waals surface area contributed by atoms with Gasteiger partial charge in [-0.1, -0.05) is 41.9 Å². The fourth-order valence-electron chi connectivity index (χ4n) is 2.71. The first-order chi connectivity index (χ1) is 13.7. The van der Waals surface area contributed by atoms with Crippen LogP contribution < -0.4 is 15.4 Å². The van der Waals surface area contributed by atoms with Gasteiger partial charge in [-0.25, -0.2) is 4.98 Å². The fraction of sp³-hybridized carbons (Fsp3) is 0.182. The number of amides is 1. The first kappa shape index (κ1) is 19.7. The van der Waals surface area contributed by atoms with E-state index in [0.29, 0.717) is 29.5 Å². The highest BCUT2D eigenvalue weighted by Gasteiger charge is 2.08. The summed E-state index contributed by atoms with van der Waals surface area (Å²) in [6.07, 6.45) is 2.47. The highest BCUT2D eigenvalue weighted by atomic mass is 35.5. The molecule has 0 bridgehead atoms. The lowest BCUT2D eigenvalue weighted by molar-refractivity contribution is 0.0951. The van der Waals surface area contributed by atoms with Gasteiger partial charge in [-0.3, -0.25) is 4.79 Å². The minimum atomic E-state index is -0.166. The molecule has 0 aliphatic carbocycles. The average Bonchev–Trinajstić information content (AvgIpc) is 2.74. The molecule has 0 unspecified atom stereocenters. The van der Waals surface area contributed by atoms with E-state index < -0.39 is 0 Å². The van der Waals surface area contributed by atoms with Crippen molar-refractivity contribution >= 4 is 23.3 Å². The zero-order chi connectivity index (χ0) is 19.8. The van der Waals surface area contributed by atoms with Crippen LogP contribution in [0.3, 0.4) is 0 Å². The molecule has 0 aliphatic rings. The molecule has 1 heterocycles. The van der Waals surface area contributed by atoms with Crippen LogP contribution in [0.1, 0.15) is 21.5 Å². The van der Waals surface area contributed by atoms with Crippen LogP contribution in [-0.2, 0) is 13.0 Å². The van der Waals surface area contributed by atoms with Gasteiger partial charge in [0, 0.05) is 29.9 Å². The third kappa shape index (κ3) is 5.47. The Hall–Kier alpha value is -3.05. The van der Waals surface area contributed by atoms with Crippen LogP contribution in [0, 0.1) is 0 Å². The summed E-state index contributed by atoms with van der Waals surface area (Å²) in [6.45, 7) is 1.09. The molecule has 0 fully saturated rings. The van der Waals surface area contributed by atoms with Crippen molar-refractivity contribution in [1.82, 2.24) is 10.3 Å². The lowest BCUT2D eigenvalue weighted by Gasteiger charge is -2.09. The monoisotopic (exact) mass is 395 g/mol. The molecule has 3 rings (SSSR count). The van der Waals surface area contributed by atoms with Crippen LogP contribution in [0.25, 0.3) is 0 Å². The normalized spacial score (nSPS) is 10.4. The highest BCUT2D eigenvalue weighted by Crippen LogP contribution is 2.15. The molecule has 5 nitrogen and oxygen atoms in total. The van der Waals surface area contributed by atoms with Gasteiger partial charge in [0.05, 0.1) is 7.11 Å². The largest absolute Gasteiger partial charge is 0.497 e. The molecule has 6 heteroatoms. The summed E-state index contributed by atoms with van der Waals surface area (Å²) in [5.41, 5.74) is 2.63. The summed E-state index contributed by atoms with van der Waals surface area (Å²) in [5, 5.41) is 6.78. The van der Waals surface area contributed by atoms with Crippen LogP contribution in [0.15, 0.2) is 66.9 Å². The van der Waals surface area contributed by atoms with Crippen LogP contribution >= 0.6 is 11.6 Å². The van der Waals surface area contributed by atoms with E-state index in [2.05, 4.69) is 15.6 Å². The standard InChI is InChI=1S/C22H22ClN3O2/c1-28-19-8-6-16(7-9-19)10-12-24-21-14-17(11-13-25-21)22(27)26-15-18-4-2-3-5-20(18)23/h2-9,11,13-14H,10,12,15H2,1H3,(H,24,25)(H,26,27). The van der Waals surface area contributed by atoms with Gasteiger partial charge < -0.3 is 15.4 Å². The summed E-state index contributed by atoms with van der Waals surface area (Å²) >= 11 is 6.13. The van der Waals surface area contributed by atoms with Crippen molar-refractivity contribution in [3.8, 4) is 5.75 Å². The molecule has 1 amide bonds. The Bertz CT molecular complexity index is 929. The van der Waals surface area contributed by atoms with Crippen molar-refractivity contribution in [1.29, 1.82) is 0 Å². The molecule has 0 radical (unpaired) electrons. The lowest BCUT2D eigenvalue weighted by atomic mass is 10.1. The number of carbonyl (C=O) groups excluding carboxylic acids is 1. The van der Waals surface area contributed by atoms with Gasteiger partial charge in [-0.15, -0.1) is 0 Å². The zero-order valence-electron chi connectivity index (χ0n) is 15.6. The summed E-state index contributed by atoms with van der Waals surface area (Å²) in [7, 11) is 1.65. The summed E-state index contributed by atoms with van der Waals surface area (Å²) < 4.78 is 5.16. The summed E-state index contributed by atoms with van der Waals surface area (Å²) in [6, 6.07) is 18.8. The van der Waals surface area contributed by atoms with Crippen molar-refractivity contribution < 1.29 is 9.53 Å². The van der Waals surface area contributed by atoms with Gasteiger partial charge >= 0.3 is 0 Å². The number of anilines is 1. The molecule has 28 heavy (non-hydrogen) atoms. The molecule has 3 aromatic rings. The topological polar surface area (TPSA) is 63.2 Å². The zero-order valence-corrected chi connectivity index (χ0v) is 16.4. The molecule has 0 atom stereocenters. The Labute approximate surface area is 169 Å². The third-order valence-electron chi connectivity index (χ3n) is 4.30. The first-order valence-corrected chi connectivity index (χ1v) is 9.38. The van der Waals surface area contributed by atoms with E-state index in [1.54, 1.807) is 31.5 Å². The van der Waals surface area contributed by atoms with Gasteiger partial charge in [-0.05, 0) is 47.9 Å². The molecule has 0 saturated heterocycles. The number of rotatable bonds is 8. The molecule has 144 valence electrons. The van der Waals surface area contributed by atoms with Crippen molar-refractivity contribution in [2.45, 2.75) is 13.0 Å². The second-order valence-electron chi connectivity index (χ2n) is 6.23. The van der Waals surface area contributed by atoms with Crippen LogP contribution in [-0.4, -0.2) is 24.5 Å². The molecule has 0 spiro atoms. The molecular weight excluding hydrogens is 374 g/mol. The number of nitrogens with zero attached hydrogens (tertiary/aromatic N) is 1. The Morgan fingerprint density at radius 1 is 1.11 bits per heavy atom. The summed E-state index contributed by atoms with van der Waals surface area (Å²) in [4.78, 5) is 16.7. The lowest BCUT2D eigenvalue weighted by Crippen LogP contribution is -2.23. The minimum absolute atomic E-state index is 0.166. The van der Waals surface area contributed by atoms with Gasteiger partial charge in [0.15, 0.2) is 0 Å². The highest BCUT2D eigenvalue weighted by molar-refractivity contribution is 6.31. The second-order valence-corrected chi connectivity index (χ2v) is 6.64. The maximum atomic E-state index is 12.4. The van der Waals surface area contributed by atoms with Crippen molar-refractivity contribution in [2.75, 3.05) is 19.0 Å². The Morgan fingerprint density at radius 2 is 1.89 bits per heavy atom. The minimum Gasteiger partial charge on any atom is -0.497 e. The molecular formula is C22H22ClN3O2. The number of carbonyl (C=O) groups is 1. The van der Waals surface area contributed by atoms with Crippen molar-refractivity contribution in [3.63, 3.8) is 0 Å². The summed E-state index contributed by atoms with van der Waals surface area (Å²) in [5.74, 6) is 1.34. The van der Waals surface area contributed by atoms with E-state index in [1.165, 1.54) is 5.56 Å². The SMILES string of the molecule is COc1ccc(CCNc2cc(C(=O)NCc3ccccc3Cl)ccn2)cc1. The number of hydrogen-bond donors (Lipinski definition) is 2. The maximum absolute atomic E-state index is 12.4. The van der Waals surface area contributed by atoms with Crippen LogP contribution in [0.2, 0.25) is 5.02 Å². The average molecular weight is 396 g/mol. The first-order valence-electron chi connectivity index (χ1n) is 9.00. The van der Waals surface area contributed by atoms with E-state index in [4.69, 9.17) is 16.3 Å². The van der Waals surface area contributed by atoms with Crippen molar-refractivity contribution in [2.24, 2.45) is 0 Å². The van der Waals surface area contributed by atoms with E-state index in [9.17, 15) is 4.79 Å². The Balaban J connectivity index is 1.52. The predicted octanol–water partition coefficient (Wildman–Crippen LogP) is 4.33. The maximum Gasteiger partial charge on any atom is 0.251 e. The Kier molecular flexibility index (Phi) is 6.87. The third-order valence-corrected chi connectivity index (χ3v) is 4.67. The Morgan fingerprint density at radius 3 is 2.64 bits per heavy atom. The molecule has 0 aliphatic heterocycles. The van der Waals surface area contributed by atoms with Gasteiger partial charge in [0.25, 0.3) is 5.91 Å². The van der Waals surface area contributed by atoms with E-state index in [1.807, 2.05) is 42.5 Å². The second kappa shape index (κ2) is 9.76. The van der Waals surface area contributed by atoms with Gasteiger partial charge in [0.1, 0.15) is 11.6 Å². The molecule has 2 aromatic carbocycles. The van der Waals surface area contributed by atoms with Crippen molar-refractivity contribution in [3.05, 3.63) is 88.6 Å². The van der Waals surface area contributed by atoms with Crippen LogP contribution in [0.4, 0.5) is 5.82 Å². The number of halogens is 1.